The predicted molar refractivity (Wildman–Crippen MR) is 76.4 cm³/mol. The molecule has 1 fully saturated rings. The summed E-state index contributed by atoms with van der Waals surface area (Å²) in [7, 11) is -0.821. The Morgan fingerprint density at radius 2 is 1.89 bits per heavy atom. The molecular weight excluding hydrogens is 248 g/mol. The van der Waals surface area contributed by atoms with Crippen LogP contribution in [0, 0.1) is 5.92 Å². The summed E-state index contributed by atoms with van der Waals surface area (Å²) in [6.07, 6.45) is 5.56. The quantitative estimate of drug-likeness (QED) is 0.760. The molecule has 18 heavy (non-hydrogen) atoms. The third-order valence-electron chi connectivity index (χ3n) is 4.01. The largest absolute Gasteiger partial charge is 0.330 e. The van der Waals surface area contributed by atoms with Crippen molar-refractivity contribution in [2.45, 2.75) is 45.1 Å². The van der Waals surface area contributed by atoms with E-state index in [1.807, 2.05) is 14.0 Å². The number of rotatable bonds is 7. The van der Waals surface area contributed by atoms with E-state index >= 15 is 0 Å². The van der Waals surface area contributed by atoms with Crippen molar-refractivity contribution in [3.8, 4) is 0 Å². The van der Waals surface area contributed by atoms with E-state index in [-0.39, 0.29) is 5.75 Å². The van der Waals surface area contributed by atoms with E-state index in [9.17, 15) is 8.42 Å². The van der Waals surface area contributed by atoms with Gasteiger partial charge in [0.1, 0.15) is 0 Å². The van der Waals surface area contributed by atoms with Gasteiger partial charge in [-0.05, 0) is 38.8 Å². The SMILES string of the molecule is CCCS(=O)(=O)CCN(C)C1CCCCC1CN. The summed E-state index contributed by atoms with van der Waals surface area (Å²) in [6.45, 7) is 3.27. The van der Waals surface area contributed by atoms with Crippen LogP contribution in [0.25, 0.3) is 0 Å². The van der Waals surface area contributed by atoms with Crippen molar-refractivity contribution in [1.82, 2.24) is 4.90 Å². The molecule has 0 bridgehead atoms. The van der Waals surface area contributed by atoms with Gasteiger partial charge in [-0.3, -0.25) is 0 Å². The van der Waals surface area contributed by atoms with Crippen molar-refractivity contribution >= 4 is 9.84 Å². The lowest BCUT2D eigenvalue weighted by Crippen LogP contribution is -2.44. The highest BCUT2D eigenvalue weighted by Gasteiger charge is 2.27. The third kappa shape index (κ3) is 4.86. The van der Waals surface area contributed by atoms with Crippen LogP contribution >= 0.6 is 0 Å². The predicted octanol–water partition coefficient (Wildman–Crippen LogP) is 1.26. The van der Waals surface area contributed by atoms with Gasteiger partial charge in [0.15, 0.2) is 9.84 Å². The fraction of sp³-hybridized carbons (Fsp3) is 1.00. The molecule has 5 heteroatoms. The Morgan fingerprint density at radius 1 is 1.22 bits per heavy atom. The topological polar surface area (TPSA) is 63.4 Å². The van der Waals surface area contributed by atoms with E-state index < -0.39 is 9.84 Å². The lowest BCUT2D eigenvalue weighted by molar-refractivity contribution is 0.140. The van der Waals surface area contributed by atoms with Crippen LogP contribution in [0.15, 0.2) is 0 Å². The molecule has 0 spiro atoms. The molecule has 1 rings (SSSR count). The average molecular weight is 276 g/mol. The van der Waals surface area contributed by atoms with Crippen LogP contribution in [-0.2, 0) is 9.84 Å². The van der Waals surface area contributed by atoms with Crippen molar-refractivity contribution in [1.29, 1.82) is 0 Å². The van der Waals surface area contributed by atoms with Gasteiger partial charge in [-0.25, -0.2) is 8.42 Å². The van der Waals surface area contributed by atoms with E-state index in [2.05, 4.69) is 4.90 Å². The molecule has 0 aromatic heterocycles. The minimum Gasteiger partial charge on any atom is -0.330 e. The molecule has 0 saturated heterocycles. The van der Waals surface area contributed by atoms with Crippen molar-refractivity contribution in [3.05, 3.63) is 0 Å². The first-order valence-corrected chi connectivity index (χ1v) is 8.93. The minimum absolute atomic E-state index is 0.283. The molecule has 1 aliphatic carbocycles. The van der Waals surface area contributed by atoms with Gasteiger partial charge in [-0.2, -0.15) is 0 Å². The summed E-state index contributed by atoms with van der Waals surface area (Å²) in [4.78, 5) is 2.21. The monoisotopic (exact) mass is 276 g/mol. The highest BCUT2D eigenvalue weighted by Crippen LogP contribution is 2.27. The van der Waals surface area contributed by atoms with Crippen LogP contribution in [0.1, 0.15) is 39.0 Å². The summed E-state index contributed by atoms with van der Waals surface area (Å²) in [5.74, 6) is 1.13. The Balaban J connectivity index is 2.46. The zero-order valence-corrected chi connectivity index (χ0v) is 12.6. The molecule has 4 nitrogen and oxygen atoms in total. The summed E-state index contributed by atoms with van der Waals surface area (Å²) < 4.78 is 23.4. The van der Waals surface area contributed by atoms with Gasteiger partial charge in [0, 0.05) is 18.3 Å². The molecule has 2 N–H and O–H groups in total. The lowest BCUT2D eigenvalue weighted by atomic mass is 9.84. The Labute approximate surface area is 112 Å². The molecule has 0 radical (unpaired) electrons. The molecule has 2 atom stereocenters. The second-order valence-electron chi connectivity index (χ2n) is 5.48. The van der Waals surface area contributed by atoms with Gasteiger partial charge in [-0.1, -0.05) is 19.8 Å². The van der Waals surface area contributed by atoms with Crippen LogP contribution in [0.4, 0.5) is 0 Å². The standard InChI is InChI=1S/C13H28N2O2S/c1-3-9-18(16,17)10-8-15(2)13-7-5-4-6-12(13)11-14/h12-13H,3-11,14H2,1-2H3. The summed E-state index contributed by atoms with van der Waals surface area (Å²) in [6, 6.07) is 0.473. The van der Waals surface area contributed by atoms with E-state index in [1.165, 1.54) is 19.3 Å². The van der Waals surface area contributed by atoms with E-state index in [1.54, 1.807) is 0 Å². The van der Waals surface area contributed by atoms with Crippen molar-refractivity contribution in [2.24, 2.45) is 11.7 Å². The molecule has 1 aliphatic rings. The minimum atomic E-state index is -2.86. The maximum absolute atomic E-state index is 11.7. The second-order valence-corrected chi connectivity index (χ2v) is 7.78. The van der Waals surface area contributed by atoms with Crippen molar-refractivity contribution < 1.29 is 8.42 Å². The average Bonchev–Trinajstić information content (AvgIpc) is 2.36. The number of nitrogens with zero attached hydrogens (tertiary/aromatic N) is 1. The molecule has 0 amide bonds. The molecule has 0 aliphatic heterocycles. The van der Waals surface area contributed by atoms with Crippen LogP contribution < -0.4 is 5.73 Å². The van der Waals surface area contributed by atoms with E-state index in [0.29, 0.717) is 30.7 Å². The van der Waals surface area contributed by atoms with Crippen LogP contribution in [0.3, 0.4) is 0 Å². The van der Waals surface area contributed by atoms with Gasteiger partial charge < -0.3 is 10.6 Å². The molecule has 0 aromatic rings. The Hall–Kier alpha value is -0.130. The van der Waals surface area contributed by atoms with Gasteiger partial charge in [0.25, 0.3) is 0 Å². The highest BCUT2D eigenvalue weighted by molar-refractivity contribution is 7.91. The molecule has 0 aromatic carbocycles. The number of hydrogen-bond donors (Lipinski definition) is 1. The molecule has 1 saturated carbocycles. The Bertz CT molecular complexity index is 330. The van der Waals surface area contributed by atoms with Gasteiger partial charge >= 0.3 is 0 Å². The van der Waals surface area contributed by atoms with Crippen LogP contribution in [0.2, 0.25) is 0 Å². The first-order valence-electron chi connectivity index (χ1n) is 7.11. The normalized spacial score (nSPS) is 25.6. The Kier molecular flexibility index (Phi) is 6.60. The van der Waals surface area contributed by atoms with E-state index in [4.69, 9.17) is 5.73 Å². The second kappa shape index (κ2) is 7.46. The number of nitrogens with two attached hydrogens (primary N) is 1. The van der Waals surface area contributed by atoms with Gasteiger partial charge in [-0.15, -0.1) is 0 Å². The molecular formula is C13H28N2O2S. The van der Waals surface area contributed by atoms with Crippen molar-refractivity contribution in [2.75, 3.05) is 31.6 Å². The fourth-order valence-corrected chi connectivity index (χ4v) is 4.30. The zero-order chi connectivity index (χ0) is 13.6. The lowest BCUT2D eigenvalue weighted by Gasteiger charge is -2.37. The van der Waals surface area contributed by atoms with Gasteiger partial charge in [0.2, 0.25) is 0 Å². The molecule has 108 valence electrons. The maximum Gasteiger partial charge on any atom is 0.151 e. The van der Waals surface area contributed by atoms with Crippen LogP contribution in [-0.4, -0.2) is 51.0 Å². The van der Waals surface area contributed by atoms with Crippen molar-refractivity contribution in [3.63, 3.8) is 0 Å². The summed E-state index contributed by atoms with van der Waals surface area (Å²) in [5.41, 5.74) is 5.82. The van der Waals surface area contributed by atoms with E-state index in [0.717, 1.165) is 13.0 Å². The zero-order valence-electron chi connectivity index (χ0n) is 11.8. The Morgan fingerprint density at radius 3 is 2.50 bits per heavy atom. The fourth-order valence-electron chi connectivity index (χ4n) is 2.91. The van der Waals surface area contributed by atoms with Gasteiger partial charge in [0.05, 0.1) is 5.75 Å². The third-order valence-corrected chi connectivity index (χ3v) is 5.84. The number of hydrogen-bond acceptors (Lipinski definition) is 4. The molecule has 2 unspecified atom stereocenters. The number of sulfone groups is 1. The summed E-state index contributed by atoms with van der Waals surface area (Å²) >= 11 is 0. The first kappa shape index (κ1) is 15.9. The first-order chi connectivity index (χ1) is 8.50. The van der Waals surface area contributed by atoms with Crippen LogP contribution in [0.5, 0.6) is 0 Å². The summed E-state index contributed by atoms with van der Waals surface area (Å²) in [5, 5.41) is 0. The molecule has 0 heterocycles. The maximum atomic E-state index is 11.7. The highest BCUT2D eigenvalue weighted by atomic mass is 32.2. The smallest absolute Gasteiger partial charge is 0.151 e.